The van der Waals surface area contributed by atoms with Crippen LogP contribution in [0, 0.1) is 0 Å². The molecule has 5 rings (SSSR count). The molecule has 1 saturated heterocycles. The third-order valence-electron chi connectivity index (χ3n) is 5.60. The Morgan fingerprint density at radius 1 is 1.17 bits per heavy atom. The Kier molecular flexibility index (Phi) is 4.52. The molecule has 2 aliphatic heterocycles. The lowest BCUT2D eigenvalue weighted by Crippen LogP contribution is -2.33. The SMILES string of the molecule is O=C(NCC1CCCO1)c1nc(C(=O)N2CCc3ccccc32)c2ccccn12. The molecule has 1 fully saturated rings. The topological polar surface area (TPSA) is 75.9 Å². The Morgan fingerprint density at radius 2 is 2.03 bits per heavy atom. The largest absolute Gasteiger partial charge is 0.376 e. The highest BCUT2D eigenvalue weighted by Crippen LogP contribution is 2.29. The maximum atomic E-state index is 13.3. The molecule has 2 amide bonds. The number of ether oxygens (including phenoxy) is 1. The second-order valence-electron chi connectivity index (χ2n) is 7.42. The van der Waals surface area contributed by atoms with Crippen molar-refractivity contribution in [3.63, 3.8) is 0 Å². The zero-order valence-corrected chi connectivity index (χ0v) is 16.0. The maximum absolute atomic E-state index is 13.3. The number of carbonyl (C=O) groups is 2. The summed E-state index contributed by atoms with van der Waals surface area (Å²) >= 11 is 0. The van der Waals surface area contributed by atoms with Gasteiger partial charge in [0.1, 0.15) is 0 Å². The number of anilines is 1. The van der Waals surface area contributed by atoms with E-state index in [2.05, 4.69) is 10.3 Å². The smallest absolute Gasteiger partial charge is 0.287 e. The van der Waals surface area contributed by atoms with E-state index in [9.17, 15) is 9.59 Å². The van der Waals surface area contributed by atoms with Gasteiger partial charge in [0.2, 0.25) is 5.82 Å². The Balaban J connectivity index is 1.46. The average Bonchev–Trinajstić information content (AvgIpc) is 3.50. The van der Waals surface area contributed by atoms with Crippen molar-refractivity contribution in [3.8, 4) is 0 Å². The van der Waals surface area contributed by atoms with E-state index >= 15 is 0 Å². The molecule has 7 heteroatoms. The first-order chi connectivity index (χ1) is 14.2. The number of imidazole rings is 1. The van der Waals surface area contributed by atoms with Gasteiger partial charge in [0.05, 0.1) is 11.6 Å². The van der Waals surface area contributed by atoms with Crippen molar-refractivity contribution in [3.05, 3.63) is 65.7 Å². The first kappa shape index (κ1) is 17.9. The standard InChI is InChI=1S/C22H22N4O3/c27-21(23-14-16-7-5-13-29-16)20-24-19(18-9-3-4-11-25(18)20)22(28)26-12-10-15-6-1-2-8-17(15)26/h1-4,6,8-9,11,16H,5,7,10,12-14H2,(H,23,27). The number of amides is 2. The summed E-state index contributed by atoms with van der Waals surface area (Å²) in [5.74, 6) is -0.270. The molecule has 29 heavy (non-hydrogen) atoms. The van der Waals surface area contributed by atoms with Crippen molar-refractivity contribution in [2.45, 2.75) is 25.4 Å². The van der Waals surface area contributed by atoms with Crippen molar-refractivity contribution < 1.29 is 14.3 Å². The van der Waals surface area contributed by atoms with Crippen molar-refractivity contribution in [2.75, 3.05) is 24.6 Å². The van der Waals surface area contributed by atoms with Crippen LogP contribution in [0.25, 0.3) is 5.52 Å². The Hall–Kier alpha value is -3.19. The molecule has 2 aliphatic rings. The van der Waals surface area contributed by atoms with E-state index in [4.69, 9.17) is 4.74 Å². The number of hydrogen-bond acceptors (Lipinski definition) is 4. The lowest BCUT2D eigenvalue weighted by molar-refractivity contribution is 0.0848. The minimum Gasteiger partial charge on any atom is -0.376 e. The van der Waals surface area contributed by atoms with Crippen molar-refractivity contribution in [1.29, 1.82) is 0 Å². The van der Waals surface area contributed by atoms with Crippen LogP contribution in [-0.2, 0) is 11.2 Å². The quantitative estimate of drug-likeness (QED) is 0.743. The summed E-state index contributed by atoms with van der Waals surface area (Å²) in [6.45, 7) is 1.80. The summed E-state index contributed by atoms with van der Waals surface area (Å²) in [6, 6.07) is 13.4. The highest BCUT2D eigenvalue weighted by molar-refractivity contribution is 6.11. The molecule has 7 nitrogen and oxygen atoms in total. The van der Waals surface area contributed by atoms with Gasteiger partial charge in [-0.3, -0.25) is 14.0 Å². The van der Waals surface area contributed by atoms with Gasteiger partial charge in [-0.25, -0.2) is 4.98 Å². The van der Waals surface area contributed by atoms with Crippen LogP contribution < -0.4 is 10.2 Å². The molecule has 0 radical (unpaired) electrons. The second kappa shape index (κ2) is 7.33. The Bertz CT molecular complexity index is 1080. The number of benzene rings is 1. The third-order valence-corrected chi connectivity index (χ3v) is 5.60. The van der Waals surface area contributed by atoms with Gasteiger partial charge in [0.25, 0.3) is 11.8 Å². The van der Waals surface area contributed by atoms with E-state index < -0.39 is 0 Å². The van der Waals surface area contributed by atoms with E-state index in [1.165, 1.54) is 0 Å². The monoisotopic (exact) mass is 390 g/mol. The second-order valence-corrected chi connectivity index (χ2v) is 7.42. The summed E-state index contributed by atoms with van der Waals surface area (Å²) < 4.78 is 7.25. The number of para-hydroxylation sites is 1. The van der Waals surface area contributed by atoms with Gasteiger partial charge < -0.3 is 15.0 Å². The van der Waals surface area contributed by atoms with Gasteiger partial charge in [0.15, 0.2) is 5.69 Å². The van der Waals surface area contributed by atoms with Crippen LogP contribution in [0.4, 0.5) is 5.69 Å². The lowest BCUT2D eigenvalue weighted by atomic mass is 10.2. The number of pyridine rings is 1. The number of hydrogen-bond donors (Lipinski definition) is 1. The lowest BCUT2D eigenvalue weighted by Gasteiger charge is -2.16. The molecule has 148 valence electrons. The van der Waals surface area contributed by atoms with Gasteiger partial charge >= 0.3 is 0 Å². The molecule has 1 atom stereocenters. The fraction of sp³-hybridized carbons (Fsp3) is 0.318. The molecular formula is C22H22N4O3. The van der Waals surface area contributed by atoms with Gasteiger partial charge in [-0.2, -0.15) is 0 Å². The Labute approximate surface area is 168 Å². The number of rotatable bonds is 4. The minimum atomic E-state index is -0.303. The summed E-state index contributed by atoms with van der Waals surface area (Å²) in [5, 5.41) is 2.90. The van der Waals surface area contributed by atoms with Crippen molar-refractivity contribution in [1.82, 2.24) is 14.7 Å². The van der Waals surface area contributed by atoms with Crippen molar-refractivity contribution >= 4 is 23.0 Å². The van der Waals surface area contributed by atoms with Gasteiger partial charge in [-0.15, -0.1) is 0 Å². The van der Waals surface area contributed by atoms with Crippen LogP contribution in [0.1, 0.15) is 39.5 Å². The van der Waals surface area contributed by atoms with E-state index in [0.717, 1.165) is 37.1 Å². The van der Waals surface area contributed by atoms with E-state index in [-0.39, 0.29) is 23.7 Å². The summed E-state index contributed by atoms with van der Waals surface area (Å²) in [6.07, 6.45) is 4.59. The molecule has 1 aromatic carbocycles. The Morgan fingerprint density at radius 3 is 2.90 bits per heavy atom. The first-order valence-corrected chi connectivity index (χ1v) is 9.99. The predicted octanol–water partition coefficient (Wildman–Crippen LogP) is 2.45. The van der Waals surface area contributed by atoms with Crippen LogP contribution in [0.2, 0.25) is 0 Å². The van der Waals surface area contributed by atoms with Gasteiger partial charge in [-0.05, 0) is 43.0 Å². The number of fused-ring (bicyclic) bond motifs is 2. The zero-order valence-electron chi connectivity index (χ0n) is 16.0. The zero-order chi connectivity index (χ0) is 19.8. The molecule has 2 aromatic heterocycles. The van der Waals surface area contributed by atoms with E-state index in [0.29, 0.717) is 24.3 Å². The normalized spacial score (nSPS) is 18.2. The number of carbonyl (C=O) groups excluding carboxylic acids is 2. The maximum Gasteiger partial charge on any atom is 0.287 e. The number of nitrogens with zero attached hydrogens (tertiary/aromatic N) is 3. The average molecular weight is 390 g/mol. The summed E-state index contributed by atoms with van der Waals surface area (Å²) in [7, 11) is 0. The molecule has 3 aromatic rings. The number of nitrogens with one attached hydrogen (secondary N) is 1. The van der Waals surface area contributed by atoms with Gasteiger partial charge in [0, 0.05) is 31.6 Å². The molecular weight excluding hydrogens is 368 g/mol. The number of aromatic nitrogens is 2. The molecule has 0 bridgehead atoms. The predicted molar refractivity (Wildman–Crippen MR) is 108 cm³/mol. The molecule has 1 N–H and O–H groups in total. The van der Waals surface area contributed by atoms with Gasteiger partial charge in [-0.1, -0.05) is 24.3 Å². The van der Waals surface area contributed by atoms with E-state index in [1.54, 1.807) is 15.5 Å². The molecule has 0 aliphatic carbocycles. The highest BCUT2D eigenvalue weighted by Gasteiger charge is 2.30. The van der Waals surface area contributed by atoms with Crippen LogP contribution in [0.5, 0.6) is 0 Å². The third kappa shape index (κ3) is 3.17. The van der Waals surface area contributed by atoms with Crippen LogP contribution in [-0.4, -0.2) is 47.0 Å². The molecule has 4 heterocycles. The fourth-order valence-corrected chi connectivity index (χ4v) is 4.12. The molecule has 0 spiro atoms. The summed E-state index contributed by atoms with van der Waals surface area (Å²) in [5.41, 5.74) is 2.99. The first-order valence-electron chi connectivity index (χ1n) is 9.99. The van der Waals surface area contributed by atoms with Crippen LogP contribution in [0.3, 0.4) is 0 Å². The minimum absolute atomic E-state index is 0.0485. The summed E-state index contributed by atoms with van der Waals surface area (Å²) in [4.78, 5) is 32.3. The molecule has 1 unspecified atom stereocenters. The molecule has 0 saturated carbocycles. The fourth-order valence-electron chi connectivity index (χ4n) is 4.12. The van der Waals surface area contributed by atoms with Crippen LogP contribution >= 0.6 is 0 Å². The van der Waals surface area contributed by atoms with E-state index in [1.807, 2.05) is 42.5 Å². The van der Waals surface area contributed by atoms with Crippen LogP contribution in [0.15, 0.2) is 48.7 Å². The van der Waals surface area contributed by atoms with Crippen molar-refractivity contribution in [2.24, 2.45) is 0 Å². The highest BCUT2D eigenvalue weighted by atomic mass is 16.5.